The van der Waals surface area contributed by atoms with Crippen LogP contribution < -0.4 is 0 Å². The van der Waals surface area contributed by atoms with E-state index in [2.05, 4.69) is 15.9 Å². The third-order valence-corrected chi connectivity index (χ3v) is 6.26. The molecule has 0 saturated carbocycles. The van der Waals surface area contributed by atoms with Gasteiger partial charge in [-0.15, -0.1) is 0 Å². The van der Waals surface area contributed by atoms with E-state index < -0.39 is 10.0 Å². The molecule has 2 aromatic carbocycles. The third-order valence-electron chi connectivity index (χ3n) is 3.81. The van der Waals surface area contributed by atoms with Gasteiger partial charge in [0.05, 0.1) is 10.9 Å². The van der Waals surface area contributed by atoms with E-state index in [0.717, 1.165) is 22.9 Å². The first-order chi connectivity index (χ1) is 10.1. The Kier molecular flexibility index (Phi) is 4.15. The van der Waals surface area contributed by atoms with E-state index in [0.29, 0.717) is 11.4 Å². The maximum absolute atomic E-state index is 12.8. The second kappa shape index (κ2) is 5.91. The summed E-state index contributed by atoms with van der Waals surface area (Å²) >= 11 is 3.41. The Balaban J connectivity index is 1.96. The molecule has 0 N–H and O–H groups in total. The van der Waals surface area contributed by atoms with Crippen molar-refractivity contribution in [2.24, 2.45) is 0 Å². The van der Waals surface area contributed by atoms with Crippen LogP contribution in [0.3, 0.4) is 0 Å². The average molecular weight is 366 g/mol. The number of hydrogen-bond acceptors (Lipinski definition) is 2. The lowest BCUT2D eigenvalue weighted by Gasteiger charge is -2.24. The number of halogens is 1. The van der Waals surface area contributed by atoms with Crippen LogP contribution in [0, 0.1) is 0 Å². The van der Waals surface area contributed by atoms with Crippen LogP contribution in [-0.2, 0) is 10.0 Å². The number of nitrogens with zero attached hydrogens (tertiary/aromatic N) is 1. The van der Waals surface area contributed by atoms with E-state index in [1.165, 1.54) is 0 Å². The first-order valence-electron chi connectivity index (χ1n) is 6.91. The molecule has 1 saturated heterocycles. The van der Waals surface area contributed by atoms with Gasteiger partial charge in [0.15, 0.2) is 0 Å². The molecule has 0 amide bonds. The second-order valence-corrected chi connectivity index (χ2v) is 7.94. The molecule has 110 valence electrons. The Labute approximate surface area is 133 Å². The highest BCUT2D eigenvalue weighted by atomic mass is 79.9. The van der Waals surface area contributed by atoms with Gasteiger partial charge in [0, 0.05) is 11.0 Å². The fraction of sp³-hybridized carbons (Fsp3) is 0.250. The molecule has 0 bridgehead atoms. The monoisotopic (exact) mass is 365 g/mol. The predicted molar refractivity (Wildman–Crippen MR) is 86.5 cm³/mol. The summed E-state index contributed by atoms with van der Waals surface area (Å²) in [5, 5.41) is 0. The maximum atomic E-state index is 12.8. The van der Waals surface area contributed by atoms with Crippen molar-refractivity contribution in [1.29, 1.82) is 0 Å². The Morgan fingerprint density at radius 2 is 1.67 bits per heavy atom. The summed E-state index contributed by atoms with van der Waals surface area (Å²) in [4.78, 5) is 0.369. The fourth-order valence-corrected chi connectivity index (χ4v) is 4.74. The van der Waals surface area contributed by atoms with Crippen LogP contribution in [0.15, 0.2) is 64.0 Å². The van der Waals surface area contributed by atoms with Crippen molar-refractivity contribution >= 4 is 26.0 Å². The van der Waals surface area contributed by atoms with Gasteiger partial charge in [0.2, 0.25) is 10.0 Å². The zero-order valence-electron chi connectivity index (χ0n) is 11.4. The van der Waals surface area contributed by atoms with Gasteiger partial charge < -0.3 is 0 Å². The summed E-state index contributed by atoms with van der Waals surface area (Å²) in [7, 11) is -3.42. The first-order valence-corrected chi connectivity index (χ1v) is 9.15. The van der Waals surface area contributed by atoms with Crippen LogP contribution in [0.2, 0.25) is 0 Å². The van der Waals surface area contributed by atoms with Gasteiger partial charge in [-0.2, -0.15) is 4.31 Å². The van der Waals surface area contributed by atoms with Gasteiger partial charge in [-0.25, -0.2) is 8.42 Å². The van der Waals surface area contributed by atoms with E-state index >= 15 is 0 Å². The molecule has 1 atom stereocenters. The Morgan fingerprint density at radius 1 is 1.00 bits per heavy atom. The zero-order valence-corrected chi connectivity index (χ0v) is 13.8. The minimum Gasteiger partial charge on any atom is -0.207 e. The van der Waals surface area contributed by atoms with E-state index in [9.17, 15) is 8.42 Å². The van der Waals surface area contributed by atoms with E-state index in [1.54, 1.807) is 28.6 Å². The normalized spacial score (nSPS) is 19.8. The summed E-state index contributed by atoms with van der Waals surface area (Å²) in [5.74, 6) is 0. The van der Waals surface area contributed by atoms with Gasteiger partial charge in [-0.1, -0.05) is 46.3 Å². The number of hydrogen-bond donors (Lipinski definition) is 0. The summed E-state index contributed by atoms with van der Waals surface area (Å²) in [5.41, 5.74) is 1.05. The summed E-state index contributed by atoms with van der Waals surface area (Å²) in [6.07, 6.45) is 1.76. The summed E-state index contributed by atoms with van der Waals surface area (Å²) in [6, 6.07) is 16.5. The fourth-order valence-electron chi connectivity index (χ4n) is 2.77. The number of sulfonamides is 1. The maximum Gasteiger partial charge on any atom is 0.243 e. The molecule has 3 nitrogen and oxygen atoms in total. The molecule has 1 unspecified atom stereocenters. The highest BCUT2D eigenvalue weighted by Crippen LogP contribution is 2.36. The molecular formula is C16H16BrNO2S. The predicted octanol–water partition coefficient (Wildman–Crippen LogP) is 3.97. The molecular weight excluding hydrogens is 350 g/mol. The molecule has 0 spiro atoms. The third kappa shape index (κ3) is 2.91. The van der Waals surface area contributed by atoms with Crippen molar-refractivity contribution in [2.75, 3.05) is 6.54 Å². The van der Waals surface area contributed by atoms with Crippen LogP contribution >= 0.6 is 15.9 Å². The standard InChI is InChI=1S/C16H16BrNO2S/c17-14-10-8-13(9-11-14)16-7-4-12-18(16)21(19,20)15-5-2-1-3-6-15/h1-3,5-6,8-11,16H,4,7,12H2. The van der Waals surface area contributed by atoms with Crippen molar-refractivity contribution in [3.05, 3.63) is 64.6 Å². The smallest absolute Gasteiger partial charge is 0.207 e. The highest BCUT2D eigenvalue weighted by molar-refractivity contribution is 9.10. The lowest BCUT2D eigenvalue weighted by molar-refractivity contribution is 0.396. The molecule has 5 heteroatoms. The minimum atomic E-state index is -3.42. The van der Waals surface area contributed by atoms with Crippen LogP contribution in [0.4, 0.5) is 0 Å². The van der Waals surface area contributed by atoms with E-state index in [-0.39, 0.29) is 6.04 Å². The molecule has 0 aromatic heterocycles. The topological polar surface area (TPSA) is 37.4 Å². The largest absolute Gasteiger partial charge is 0.243 e. The second-order valence-electron chi connectivity index (χ2n) is 5.14. The minimum absolute atomic E-state index is 0.0664. The van der Waals surface area contributed by atoms with Crippen LogP contribution in [0.25, 0.3) is 0 Å². The molecule has 1 heterocycles. The molecule has 3 rings (SSSR count). The average Bonchev–Trinajstić information content (AvgIpc) is 2.99. The van der Waals surface area contributed by atoms with Gasteiger partial charge in [-0.3, -0.25) is 0 Å². The summed E-state index contributed by atoms with van der Waals surface area (Å²) < 4.78 is 28.2. The Morgan fingerprint density at radius 3 is 2.33 bits per heavy atom. The van der Waals surface area contributed by atoms with Crippen molar-refractivity contribution in [1.82, 2.24) is 4.31 Å². The van der Waals surface area contributed by atoms with Gasteiger partial charge >= 0.3 is 0 Å². The Bertz CT molecular complexity index is 714. The van der Waals surface area contributed by atoms with Gasteiger partial charge in [0.1, 0.15) is 0 Å². The van der Waals surface area contributed by atoms with Crippen molar-refractivity contribution < 1.29 is 8.42 Å². The van der Waals surface area contributed by atoms with Crippen LogP contribution in [0.1, 0.15) is 24.4 Å². The van der Waals surface area contributed by atoms with Crippen molar-refractivity contribution in [3.8, 4) is 0 Å². The van der Waals surface area contributed by atoms with Gasteiger partial charge in [0.25, 0.3) is 0 Å². The molecule has 0 radical (unpaired) electrons. The number of rotatable bonds is 3. The Hall–Kier alpha value is -1.17. The quantitative estimate of drug-likeness (QED) is 0.824. The van der Waals surface area contributed by atoms with Crippen molar-refractivity contribution in [3.63, 3.8) is 0 Å². The first kappa shape index (κ1) is 14.8. The lowest BCUT2D eigenvalue weighted by Crippen LogP contribution is -2.30. The number of benzene rings is 2. The van der Waals surface area contributed by atoms with Crippen LogP contribution in [-0.4, -0.2) is 19.3 Å². The SMILES string of the molecule is O=S(=O)(c1ccccc1)N1CCCC1c1ccc(Br)cc1. The lowest BCUT2D eigenvalue weighted by atomic mass is 10.1. The highest BCUT2D eigenvalue weighted by Gasteiger charge is 2.35. The molecule has 1 aliphatic rings. The summed E-state index contributed by atoms with van der Waals surface area (Å²) in [6.45, 7) is 0.581. The van der Waals surface area contributed by atoms with E-state index in [4.69, 9.17) is 0 Å². The molecule has 1 fully saturated rings. The molecule has 0 aliphatic carbocycles. The van der Waals surface area contributed by atoms with Gasteiger partial charge in [-0.05, 0) is 42.7 Å². The molecule has 2 aromatic rings. The van der Waals surface area contributed by atoms with Crippen LogP contribution in [0.5, 0.6) is 0 Å². The molecule has 21 heavy (non-hydrogen) atoms. The molecule has 1 aliphatic heterocycles. The zero-order chi connectivity index (χ0) is 14.9. The van der Waals surface area contributed by atoms with E-state index in [1.807, 2.05) is 30.3 Å². The van der Waals surface area contributed by atoms with Crippen molar-refractivity contribution in [2.45, 2.75) is 23.8 Å².